The Kier molecular flexibility index (Phi) is 7.33. The van der Waals surface area contributed by atoms with E-state index < -0.39 is 0 Å². The van der Waals surface area contributed by atoms with Gasteiger partial charge in [-0.3, -0.25) is 4.57 Å². The molecule has 5 heteroatoms. The van der Waals surface area contributed by atoms with Crippen LogP contribution in [0.5, 0.6) is 0 Å². The highest BCUT2D eigenvalue weighted by Crippen LogP contribution is 2.48. The number of aryl methyl sites for hydroxylation is 2. The van der Waals surface area contributed by atoms with Gasteiger partial charge in [0.15, 0.2) is 0 Å². The topological polar surface area (TPSA) is 44.3 Å². The van der Waals surface area contributed by atoms with Crippen LogP contribution in [0.25, 0.3) is 66.2 Å². The van der Waals surface area contributed by atoms with Crippen molar-refractivity contribution in [2.75, 3.05) is 0 Å². The summed E-state index contributed by atoms with van der Waals surface area (Å²) >= 11 is 0. The van der Waals surface area contributed by atoms with Crippen LogP contribution in [0.3, 0.4) is 0 Å². The number of hydrogen-bond donors (Lipinski definition) is 0. The van der Waals surface area contributed by atoms with E-state index in [0.717, 1.165) is 57.7 Å². The molecular formula is C50H48N4O. The standard InChI is InChI=1S/C50H48N4O/c1-31-17-19-42-39(24-31)40-25-32(2)44(54-43-20-18-34(33-14-9-8-10-15-33)28-41(43)38-16-13-23-51-46(38)54)30-45(40)53(42)37-27-35(26-36(29-37)48(3,4)5)47-52-49(6)21-11-12-22-50(49,7)55-47/h8-10,13-20,23-30H,11-12,21-22H2,1-7H3/t49-,50-/m0/s1. The van der Waals surface area contributed by atoms with Crippen LogP contribution in [0.15, 0.2) is 120 Å². The van der Waals surface area contributed by atoms with Crippen molar-refractivity contribution in [1.82, 2.24) is 14.1 Å². The number of ether oxygens (including phenoxy) is 1. The van der Waals surface area contributed by atoms with Crippen LogP contribution >= 0.6 is 0 Å². The molecule has 10 rings (SSSR count). The van der Waals surface area contributed by atoms with E-state index >= 15 is 0 Å². The van der Waals surface area contributed by atoms with Crippen molar-refractivity contribution < 1.29 is 4.74 Å². The number of hydrogen-bond acceptors (Lipinski definition) is 3. The number of pyridine rings is 1. The summed E-state index contributed by atoms with van der Waals surface area (Å²) in [6.45, 7) is 15.9. The van der Waals surface area contributed by atoms with E-state index in [9.17, 15) is 0 Å². The second kappa shape index (κ2) is 11.9. The van der Waals surface area contributed by atoms with E-state index in [1.54, 1.807) is 0 Å². The van der Waals surface area contributed by atoms with Gasteiger partial charge in [-0.2, -0.15) is 0 Å². The third kappa shape index (κ3) is 5.19. The van der Waals surface area contributed by atoms with E-state index in [1.807, 2.05) is 12.3 Å². The Labute approximate surface area is 323 Å². The minimum absolute atomic E-state index is 0.0885. The van der Waals surface area contributed by atoms with Gasteiger partial charge in [-0.05, 0) is 141 Å². The molecule has 5 nitrogen and oxygen atoms in total. The molecule has 274 valence electrons. The Balaban J connectivity index is 1.23. The lowest BCUT2D eigenvalue weighted by Gasteiger charge is -2.41. The smallest absolute Gasteiger partial charge is 0.217 e. The highest BCUT2D eigenvalue weighted by Gasteiger charge is 2.53. The summed E-state index contributed by atoms with van der Waals surface area (Å²) < 4.78 is 11.7. The molecule has 8 aromatic rings. The lowest BCUT2D eigenvalue weighted by Crippen LogP contribution is -2.49. The lowest BCUT2D eigenvalue weighted by molar-refractivity contribution is 0.000929. The molecule has 2 aliphatic rings. The zero-order valence-electron chi connectivity index (χ0n) is 33.0. The molecule has 3 aromatic heterocycles. The summed E-state index contributed by atoms with van der Waals surface area (Å²) in [7, 11) is 0. The normalized spacial score (nSPS) is 20.0. The number of rotatable bonds is 4. The van der Waals surface area contributed by atoms with Gasteiger partial charge in [0.25, 0.3) is 0 Å². The van der Waals surface area contributed by atoms with E-state index in [-0.39, 0.29) is 16.6 Å². The second-order valence-corrected chi connectivity index (χ2v) is 17.6. The summed E-state index contributed by atoms with van der Waals surface area (Å²) in [5, 5.41) is 4.83. The quantitative estimate of drug-likeness (QED) is 0.182. The fourth-order valence-electron chi connectivity index (χ4n) is 9.38. The van der Waals surface area contributed by atoms with Crippen LogP contribution in [0.4, 0.5) is 0 Å². The van der Waals surface area contributed by atoms with Crippen LogP contribution in [0.1, 0.15) is 82.6 Å². The van der Waals surface area contributed by atoms with Gasteiger partial charge in [-0.25, -0.2) is 9.98 Å². The van der Waals surface area contributed by atoms with E-state index in [1.165, 1.54) is 62.3 Å². The molecule has 1 aliphatic heterocycles. The molecule has 0 spiro atoms. The van der Waals surface area contributed by atoms with Crippen molar-refractivity contribution in [2.45, 2.75) is 90.7 Å². The van der Waals surface area contributed by atoms with E-state index in [2.05, 4.69) is 161 Å². The van der Waals surface area contributed by atoms with Gasteiger partial charge in [-0.15, -0.1) is 0 Å². The van der Waals surface area contributed by atoms with Crippen molar-refractivity contribution in [2.24, 2.45) is 4.99 Å². The summed E-state index contributed by atoms with van der Waals surface area (Å²) in [6, 6.07) is 40.3. The van der Waals surface area contributed by atoms with Crippen molar-refractivity contribution >= 4 is 49.6 Å². The highest BCUT2D eigenvalue weighted by atomic mass is 16.5. The number of nitrogens with zero attached hydrogens (tertiary/aromatic N) is 4. The van der Waals surface area contributed by atoms with Gasteiger partial charge < -0.3 is 9.30 Å². The SMILES string of the molecule is Cc1ccc2c(c1)c1cc(C)c(-n3c4ccc(-c5ccccc5)cc4c4cccnc43)cc1n2-c1cc(C2=N[C@@]3(C)CCCC[C@]3(C)O2)cc(C(C)(C)C)c1. The van der Waals surface area contributed by atoms with Crippen LogP contribution in [0.2, 0.25) is 0 Å². The van der Waals surface area contributed by atoms with Gasteiger partial charge in [0.05, 0.1) is 22.2 Å². The zero-order valence-corrected chi connectivity index (χ0v) is 33.0. The Hall–Kier alpha value is -5.68. The summed E-state index contributed by atoms with van der Waals surface area (Å²) in [5.74, 6) is 0.777. The maximum Gasteiger partial charge on any atom is 0.217 e. The molecule has 1 fully saturated rings. The Bertz CT molecular complexity index is 2890. The monoisotopic (exact) mass is 720 g/mol. The first-order chi connectivity index (χ1) is 26.4. The zero-order chi connectivity index (χ0) is 37.9. The molecule has 55 heavy (non-hydrogen) atoms. The van der Waals surface area contributed by atoms with Crippen molar-refractivity contribution in [1.29, 1.82) is 0 Å². The summed E-state index contributed by atoms with van der Waals surface area (Å²) in [6.07, 6.45) is 6.37. The number of aromatic nitrogens is 3. The molecule has 0 N–H and O–H groups in total. The molecule has 0 amide bonds. The summed E-state index contributed by atoms with van der Waals surface area (Å²) in [5.41, 5.74) is 13.3. The first-order valence-corrected chi connectivity index (χ1v) is 19.9. The Morgan fingerprint density at radius 3 is 2.18 bits per heavy atom. The molecule has 1 aliphatic carbocycles. The molecule has 0 unspecified atom stereocenters. The first kappa shape index (κ1) is 33.9. The minimum Gasteiger partial charge on any atom is -0.469 e. The van der Waals surface area contributed by atoms with Crippen LogP contribution in [-0.2, 0) is 10.2 Å². The third-order valence-electron chi connectivity index (χ3n) is 12.8. The molecule has 0 saturated heterocycles. The van der Waals surface area contributed by atoms with Gasteiger partial charge in [-0.1, -0.05) is 75.2 Å². The van der Waals surface area contributed by atoms with E-state index in [4.69, 9.17) is 14.7 Å². The Morgan fingerprint density at radius 2 is 1.38 bits per heavy atom. The molecule has 5 aromatic carbocycles. The number of benzene rings is 5. The van der Waals surface area contributed by atoms with Gasteiger partial charge in [0, 0.05) is 39.0 Å². The fraction of sp³-hybridized carbons (Fsp3) is 0.280. The lowest BCUT2D eigenvalue weighted by atomic mass is 9.72. The van der Waals surface area contributed by atoms with Crippen LogP contribution < -0.4 is 0 Å². The van der Waals surface area contributed by atoms with Crippen molar-refractivity contribution in [3.63, 3.8) is 0 Å². The maximum atomic E-state index is 6.91. The molecule has 0 radical (unpaired) electrons. The second-order valence-electron chi connectivity index (χ2n) is 17.6. The van der Waals surface area contributed by atoms with Crippen molar-refractivity contribution in [3.8, 4) is 22.5 Å². The van der Waals surface area contributed by atoms with Gasteiger partial charge in [0.1, 0.15) is 16.8 Å². The Morgan fingerprint density at radius 1 is 0.636 bits per heavy atom. The average Bonchev–Trinajstić information content (AvgIpc) is 3.78. The summed E-state index contributed by atoms with van der Waals surface area (Å²) in [4.78, 5) is 10.4. The number of fused-ring (bicyclic) bond motifs is 7. The molecular weight excluding hydrogens is 673 g/mol. The molecule has 1 saturated carbocycles. The maximum absolute atomic E-state index is 6.91. The van der Waals surface area contributed by atoms with Crippen molar-refractivity contribution in [3.05, 3.63) is 138 Å². The fourth-order valence-corrected chi connectivity index (χ4v) is 9.38. The van der Waals surface area contributed by atoms with Crippen LogP contribution in [-0.4, -0.2) is 31.2 Å². The molecule has 4 heterocycles. The van der Waals surface area contributed by atoms with Gasteiger partial charge >= 0.3 is 0 Å². The first-order valence-electron chi connectivity index (χ1n) is 19.9. The minimum atomic E-state index is -0.284. The highest BCUT2D eigenvalue weighted by molar-refractivity contribution is 6.12. The predicted octanol–water partition coefficient (Wildman–Crippen LogP) is 12.7. The van der Waals surface area contributed by atoms with E-state index in [0.29, 0.717) is 0 Å². The van der Waals surface area contributed by atoms with Crippen LogP contribution in [0, 0.1) is 13.8 Å². The predicted molar refractivity (Wildman–Crippen MR) is 229 cm³/mol. The number of aliphatic imine (C=N–C) groups is 1. The largest absolute Gasteiger partial charge is 0.469 e. The third-order valence-corrected chi connectivity index (χ3v) is 12.8. The van der Waals surface area contributed by atoms with Gasteiger partial charge in [0.2, 0.25) is 5.90 Å². The average molecular weight is 721 g/mol. The molecule has 2 atom stereocenters. The molecule has 0 bridgehead atoms.